The van der Waals surface area contributed by atoms with Gasteiger partial charge in [0.2, 0.25) is 0 Å². The van der Waals surface area contributed by atoms with Gasteiger partial charge in [0, 0.05) is 33.8 Å². The molecule has 0 spiro atoms. The summed E-state index contributed by atoms with van der Waals surface area (Å²) in [5.74, 6) is 1.64. The van der Waals surface area contributed by atoms with Crippen LogP contribution in [0.4, 0.5) is 0 Å². The third-order valence-corrected chi connectivity index (χ3v) is 4.65. The number of hydrogen-bond acceptors (Lipinski definition) is 3. The van der Waals surface area contributed by atoms with Crippen molar-refractivity contribution in [2.45, 2.75) is 19.3 Å². The fourth-order valence-corrected chi connectivity index (χ4v) is 3.07. The molecule has 0 amide bonds. The lowest BCUT2D eigenvalue weighted by Crippen LogP contribution is -2.43. The van der Waals surface area contributed by atoms with Gasteiger partial charge < -0.3 is 20.3 Å². The first-order valence-corrected chi connectivity index (χ1v) is 9.01. The van der Waals surface area contributed by atoms with Crippen LogP contribution in [0, 0.1) is 5.92 Å². The van der Waals surface area contributed by atoms with Crippen LogP contribution in [-0.2, 0) is 11.2 Å². The summed E-state index contributed by atoms with van der Waals surface area (Å²) in [6.07, 6.45) is 3.51. The highest BCUT2D eigenvalue weighted by Gasteiger charge is 2.18. The Morgan fingerprint density at radius 2 is 1.96 bits per heavy atom. The van der Waals surface area contributed by atoms with Crippen LogP contribution in [0.2, 0.25) is 0 Å². The van der Waals surface area contributed by atoms with E-state index in [0.29, 0.717) is 0 Å². The van der Waals surface area contributed by atoms with E-state index in [2.05, 4.69) is 50.9 Å². The Labute approximate surface area is 146 Å². The molecule has 2 rings (SSSR count). The van der Waals surface area contributed by atoms with E-state index in [1.165, 1.54) is 31.5 Å². The summed E-state index contributed by atoms with van der Waals surface area (Å²) in [7, 11) is 3.61. The van der Waals surface area contributed by atoms with Crippen LogP contribution < -0.4 is 10.6 Å². The van der Waals surface area contributed by atoms with Crippen LogP contribution in [0.1, 0.15) is 18.4 Å². The molecule has 2 N–H and O–H groups in total. The fraction of sp³-hybridized carbons (Fsp3) is 0.632. The molecule has 0 aromatic heterocycles. The molecule has 134 valence electrons. The van der Waals surface area contributed by atoms with Gasteiger partial charge in [0.25, 0.3) is 0 Å². The maximum absolute atomic E-state index is 5.16. The number of guanidine groups is 1. The molecule has 24 heavy (non-hydrogen) atoms. The molecule has 1 saturated heterocycles. The maximum atomic E-state index is 5.16. The van der Waals surface area contributed by atoms with E-state index in [0.717, 1.165) is 44.5 Å². The number of piperidine rings is 1. The van der Waals surface area contributed by atoms with Gasteiger partial charge in [-0.3, -0.25) is 4.99 Å². The number of methoxy groups -OCH3 is 1. The van der Waals surface area contributed by atoms with Crippen molar-refractivity contribution in [2.75, 3.05) is 53.5 Å². The molecule has 1 aliphatic heterocycles. The van der Waals surface area contributed by atoms with Crippen LogP contribution in [0.3, 0.4) is 0 Å². The monoisotopic (exact) mass is 332 g/mol. The number of likely N-dealkylation sites (tertiary alicyclic amines) is 1. The molecule has 1 aromatic rings. The Hall–Kier alpha value is -1.59. The summed E-state index contributed by atoms with van der Waals surface area (Å²) < 4.78 is 5.16. The molecule has 0 aliphatic carbocycles. The molecular weight excluding hydrogens is 300 g/mol. The summed E-state index contributed by atoms with van der Waals surface area (Å²) >= 11 is 0. The van der Waals surface area contributed by atoms with E-state index in [1.807, 2.05) is 7.05 Å². The van der Waals surface area contributed by atoms with Crippen molar-refractivity contribution in [1.29, 1.82) is 0 Å². The van der Waals surface area contributed by atoms with Crippen molar-refractivity contribution >= 4 is 5.96 Å². The van der Waals surface area contributed by atoms with E-state index in [4.69, 9.17) is 4.74 Å². The van der Waals surface area contributed by atoms with E-state index < -0.39 is 0 Å². The minimum absolute atomic E-state index is 0.733. The van der Waals surface area contributed by atoms with Gasteiger partial charge in [0.15, 0.2) is 5.96 Å². The Morgan fingerprint density at radius 1 is 1.21 bits per heavy atom. The molecule has 0 unspecified atom stereocenters. The lowest BCUT2D eigenvalue weighted by atomic mass is 9.97. The van der Waals surface area contributed by atoms with Crippen LogP contribution >= 0.6 is 0 Å². The predicted octanol–water partition coefficient (Wildman–Crippen LogP) is 1.75. The molecular formula is C19H32N4O. The van der Waals surface area contributed by atoms with Crippen molar-refractivity contribution < 1.29 is 4.74 Å². The summed E-state index contributed by atoms with van der Waals surface area (Å²) in [5, 5.41) is 6.89. The number of rotatable bonds is 8. The molecule has 1 heterocycles. The second-order valence-electron chi connectivity index (χ2n) is 6.39. The first kappa shape index (κ1) is 18.7. The summed E-state index contributed by atoms with van der Waals surface area (Å²) in [5.41, 5.74) is 1.35. The highest BCUT2D eigenvalue weighted by atomic mass is 16.5. The summed E-state index contributed by atoms with van der Waals surface area (Å²) in [6.45, 7) is 6.15. The molecule has 5 heteroatoms. The highest BCUT2D eigenvalue weighted by Crippen LogP contribution is 2.15. The van der Waals surface area contributed by atoms with Gasteiger partial charge >= 0.3 is 0 Å². The molecule has 0 bridgehead atoms. The quantitative estimate of drug-likeness (QED) is 0.562. The largest absolute Gasteiger partial charge is 0.383 e. The van der Waals surface area contributed by atoms with Gasteiger partial charge in [0.05, 0.1) is 6.61 Å². The number of hydrogen-bond donors (Lipinski definition) is 2. The smallest absolute Gasteiger partial charge is 0.190 e. The average molecular weight is 332 g/mol. The lowest BCUT2D eigenvalue weighted by molar-refractivity contribution is 0.121. The molecule has 1 aromatic carbocycles. The maximum Gasteiger partial charge on any atom is 0.190 e. The van der Waals surface area contributed by atoms with Gasteiger partial charge in [-0.15, -0.1) is 0 Å². The van der Waals surface area contributed by atoms with Gasteiger partial charge in [-0.25, -0.2) is 0 Å². The number of ether oxygens (including phenoxy) is 1. The second kappa shape index (κ2) is 11.0. The number of nitrogens with zero attached hydrogens (tertiary/aromatic N) is 2. The van der Waals surface area contributed by atoms with E-state index in [1.54, 1.807) is 7.11 Å². The van der Waals surface area contributed by atoms with Crippen LogP contribution in [0.15, 0.2) is 35.3 Å². The Kier molecular flexibility index (Phi) is 8.63. The molecule has 0 radical (unpaired) electrons. The SMILES string of the molecule is CN=C(NCCc1ccccc1)NCC1CCN(CCOC)CC1. The fourth-order valence-electron chi connectivity index (χ4n) is 3.07. The average Bonchev–Trinajstić information content (AvgIpc) is 2.64. The minimum Gasteiger partial charge on any atom is -0.383 e. The lowest BCUT2D eigenvalue weighted by Gasteiger charge is -2.32. The van der Waals surface area contributed by atoms with E-state index >= 15 is 0 Å². The highest BCUT2D eigenvalue weighted by molar-refractivity contribution is 5.79. The summed E-state index contributed by atoms with van der Waals surface area (Å²) in [4.78, 5) is 6.82. The van der Waals surface area contributed by atoms with Gasteiger partial charge in [-0.2, -0.15) is 0 Å². The van der Waals surface area contributed by atoms with E-state index in [-0.39, 0.29) is 0 Å². The third kappa shape index (κ3) is 6.89. The Balaban J connectivity index is 1.60. The predicted molar refractivity (Wildman–Crippen MR) is 101 cm³/mol. The molecule has 0 atom stereocenters. The minimum atomic E-state index is 0.733. The van der Waals surface area contributed by atoms with Gasteiger partial charge in [0.1, 0.15) is 0 Å². The molecule has 5 nitrogen and oxygen atoms in total. The van der Waals surface area contributed by atoms with Crippen LogP contribution in [-0.4, -0.2) is 64.3 Å². The molecule has 1 fully saturated rings. The Morgan fingerprint density at radius 3 is 2.62 bits per heavy atom. The van der Waals surface area contributed by atoms with E-state index in [9.17, 15) is 0 Å². The van der Waals surface area contributed by atoms with Crippen LogP contribution in [0.5, 0.6) is 0 Å². The zero-order valence-corrected chi connectivity index (χ0v) is 15.1. The molecule has 1 aliphatic rings. The van der Waals surface area contributed by atoms with Crippen molar-refractivity contribution in [3.63, 3.8) is 0 Å². The number of nitrogens with one attached hydrogen (secondary N) is 2. The number of benzene rings is 1. The van der Waals surface area contributed by atoms with Crippen molar-refractivity contribution in [3.05, 3.63) is 35.9 Å². The van der Waals surface area contributed by atoms with Crippen molar-refractivity contribution in [1.82, 2.24) is 15.5 Å². The number of aliphatic imine (C=N–C) groups is 1. The Bertz CT molecular complexity index is 470. The normalized spacial score (nSPS) is 17.0. The zero-order valence-electron chi connectivity index (χ0n) is 15.1. The van der Waals surface area contributed by atoms with Crippen molar-refractivity contribution in [3.8, 4) is 0 Å². The van der Waals surface area contributed by atoms with Gasteiger partial charge in [-0.05, 0) is 43.8 Å². The standard InChI is InChI=1S/C19H32N4O/c1-20-19(21-11-8-17-6-4-3-5-7-17)22-16-18-9-12-23(13-10-18)14-15-24-2/h3-7,18H,8-16H2,1-2H3,(H2,20,21,22). The summed E-state index contributed by atoms with van der Waals surface area (Å²) in [6, 6.07) is 10.5. The first-order chi connectivity index (χ1) is 11.8. The zero-order chi connectivity index (χ0) is 17.0. The topological polar surface area (TPSA) is 48.9 Å². The van der Waals surface area contributed by atoms with Crippen LogP contribution in [0.25, 0.3) is 0 Å². The first-order valence-electron chi connectivity index (χ1n) is 9.01. The van der Waals surface area contributed by atoms with Crippen molar-refractivity contribution in [2.24, 2.45) is 10.9 Å². The second-order valence-corrected chi connectivity index (χ2v) is 6.39. The van der Waals surface area contributed by atoms with Gasteiger partial charge in [-0.1, -0.05) is 30.3 Å². The molecule has 0 saturated carbocycles. The third-order valence-electron chi connectivity index (χ3n) is 4.65.